The summed E-state index contributed by atoms with van der Waals surface area (Å²) < 4.78 is 74.2. The van der Waals surface area contributed by atoms with Gasteiger partial charge in [-0.3, -0.25) is 9.69 Å². The highest BCUT2D eigenvalue weighted by atomic mass is 32.2. The fraction of sp³-hybridized carbons (Fsp3) is 0.571. The first-order chi connectivity index (χ1) is 15.6. The van der Waals surface area contributed by atoms with Crippen LogP contribution in [0.5, 0.6) is 5.75 Å². The summed E-state index contributed by atoms with van der Waals surface area (Å²) in [5, 5.41) is 10.4. The number of hydrogen-bond donors (Lipinski definition) is 1. The van der Waals surface area contributed by atoms with Crippen LogP contribution in [0.15, 0.2) is 29.2 Å². The predicted octanol–water partition coefficient (Wildman–Crippen LogP) is 2.91. The summed E-state index contributed by atoms with van der Waals surface area (Å²) in [4.78, 5) is 25.9. The Morgan fingerprint density at radius 2 is 1.82 bits per heavy atom. The minimum Gasteiger partial charge on any atom is -0.444 e. The number of halogens is 3. The van der Waals surface area contributed by atoms with Gasteiger partial charge < -0.3 is 14.8 Å². The van der Waals surface area contributed by atoms with E-state index in [1.54, 1.807) is 20.8 Å². The Kier molecular flexibility index (Phi) is 6.51. The molecule has 2 atom stereocenters. The number of benzene rings is 1. The average molecular weight is 503 g/mol. The number of carbonyl (C=O) groups is 2. The second kappa shape index (κ2) is 8.65. The van der Waals surface area contributed by atoms with Gasteiger partial charge in [0.05, 0.1) is 11.3 Å². The van der Waals surface area contributed by atoms with Crippen LogP contribution in [0, 0.1) is 11.3 Å². The summed E-state index contributed by atoms with van der Waals surface area (Å²) in [6.45, 7) is 4.27. The van der Waals surface area contributed by atoms with Crippen molar-refractivity contribution >= 4 is 21.8 Å². The molecule has 2 amide bonds. The molecule has 13 heteroatoms. The first-order valence-corrected chi connectivity index (χ1v) is 11.9. The highest BCUT2D eigenvalue weighted by Crippen LogP contribution is 2.38. The summed E-state index contributed by atoms with van der Waals surface area (Å²) in [6.07, 6.45) is -5.64. The summed E-state index contributed by atoms with van der Waals surface area (Å²) in [6, 6.07) is 4.95. The van der Waals surface area contributed by atoms with Crippen molar-refractivity contribution in [2.24, 2.45) is 0 Å². The zero-order valence-electron chi connectivity index (χ0n) is 18.7. The van der Waals surface area contributed by atoms with Crippen molar-refractivity contribution < 1.29 is 40.7 Å². The molecule has 1 heterocycles. The van der Waals surface area contributed by atoms with Crippen LogP contribution in [0.1, 0.15) is 40.0 Å². The van der Waals surface area contributed by atoms with Crippen molar-refractivity contribution in [3.63, 3.8) is 0 Å². The molecule has 9 nitrogen and oxygen atoms in total. The molecule has 3 rings (SSSR count). The first kappa shape index (κ1) is 25.6. The summed E-state index contributed by atoms with van der Waals surface area (Å²) in [5.41, 5.74) is -2.02. The maximum Gasteiger partial charge on any atom is 0.573 e. The maximum atomic E-state index is 13.3. The van der Waals surface area contributed by atoms with Crippen molar-refractivity contribution in [2.75, 3.05) is 6.54 Å². The topological polar surface area (TPSA) is 126 Å². The molecule has 1 aromatic rings. The molecule has 1 N–H and O–H groups in total. The van der Waals surface area contributed by atoms with E-state index in [1.165, 1.54) is 12.1 Å². The number of sulfone groups is 1. The average Bonchev–Trinajstić information content (AvgIpc) is 3.30. The first-order valence-electron chi connectivity index (χ1n) is 10.4. The quantitative estimate of drug-likeness (QED) is 0.655. The van der Waals surface area contributed by atoms with E-state index >= 15 is 0 Å². The largest absolute Gasteiger partial charge is 0.573 e. The van der Waals surface area contributed by atoms with Gasteiger partial charge >= 0.3 is 12.5 Å². The zero-order valence-corrected chi connectivity index (χ0v) is 19.5. The minimum absolute atomic E-state index is 0.394. The zero-order chi connectivity index (χ0) is 25.5. The van der Waals surface area contributed by atoms with Crippen molar-refractivity contribution in [1.29, 1.82) is 5.26 Å². The fourth-order valence-corrected chi connectivity index (χ4v) is 5.39. The number of nitrogens with one attached hydrogen (secondary N) is 1. The Bertz CT molecular complexity index is 1120. The smallest absolute Gasteiger partial charge is 0.444 e. The maximum absolute atomic E-state index is 13.3. The molecule has 0 bridgehead atoms. The molecule has 1 saturated heterocycles. The molecule has 0 aromatic heterocycles. The Morgan fingerprint density at radius 3 is 2.35 bits per heavy atom. The van der Waals surface area contributed by atoms with Crippen molar-refractivity contribution in [3.8, 4) is 11.8 Å². The Morgan fingerprint density at radius 1 is 1.21 bits per heavy atom. The van der Waals surface area contributed by atoms with Gasteiger partial charge in [0, 0.05) is 6.54 Å². The van der Waals surface area contributed by atoms with Crippen LogP contribution in [0.2, 0.25) is 0 Å². The highest BCUT2D eigenvalue weighted by Gasteiger charge is 2.51. The number of alkyl halides is 3. The fourth-order valence-electron chi connectivity index (χ4n) is 3.58. The number of likely N-dealkylation sites (tertiary alicyclic amines) is 1. The van der Waals surface area contributed by atoms with Crippen LogP contribution in [0.25, 0.3) is 0 Å². The molecular weight excluding hydrogens is 479 g/mol. The van der Waals surface area contributed by atoms with Crippen LogP contribution in [-0.4, -0.2) is 60.7 Å². The van der Waals surface area contributed by atoms with E-state index < -0.39 is 74.2 Å². The van der Waals surface area contributed by atoms with Crippen LogP contribution < -0.4 is 10.1 Å². The summed E-state index contributed by atoms with van der Waals surface area (Å²) in [5.74, 6) is -1.64. The van der Waals surface area contributed by atoms with Crippen LogP contribution in [0.3, 0.4) is 0 Å². The Balaban J connectivity index is 1.93. The molecule has 0 radical (unpaired) electrons. The van der Waals surface area contributed by atoms with E-state index in [2.05, 4.69) is 10.1 Å². The SMILES string of the molecule is CC(C)(C)OC(=O)N1C[C@H](S(=O)(=O)c2ccccc2OC(F)(F)F)C[C@H]1C(=O)NC1(C#N)CC1. The van der Waals surface area contributed by atoms with Gasteiger partial charge in [0.15, 0.2) is 9.84 Å². The molecule has 1 saturated carbocycles. The molecular formula is C21H24F3N3O6S. The lowest BCUT2D eigenvalue weighted by Gasteiger charge is -2.28. The van der Waals surface area contributed by atoms with E-state index in [0.29, 0.717) is 12.8 Å². The van der Waals surface area contributed by atoms with Crippen molar-refractivity contribution in [1.82, 2.24) is 10.2 Å². The summed E-state index contributed by atoms with van der Waals surface area (Å²) >= 11 is 0. The van der Waals surface area contributed by atoms with Gasteiger partial charge in [0.2, 0.25) is 5.91 Å². The monoisotopic (exact) mass is 503 g/mol. The normalized spacial score (nSPS) is 22.0. The van der Waals surface area contributed by atoms with Crippen molar-refractivity contribution in [3.05, 3.63) is 24.3 Å². The van der Waals surface area contributed by atoms with Crippen molar-refractivity contribution in [2.45, 2.75) is 73.7 Å². The number of carbonyl (C=O) groups excluding carboxylic acids is 2. The van der Waals surface area contributed by atoms with Crippen LogP contribution in [0.4, 0.5) is 18.0 Å². The standard InChI is InChI=1S/C21H24F3N3O6S/c1-19(2,3)33-18(29)27-11-13(10-14(27)17(28)26-20(12-25)8-9-20)34(30,31)16-7-5-4-6-15(16)32-21(22,23)24/h4-7,13-14H,8-11H2,1-3H3,(H,26,28)/t13-,14+/m1/s1. The molecule has 1 aliphatic carbocycles. The number of nitrogens with zero attached hydrogens (tertiary/aromatic N) is 2. The lowest BCUT2D eigenvalue weighted by Crippen LogP contribution is -2.50. The van der Waals surface area contributed by atoms with Gasteiger partial charge in [-0.05, 0) is 52.2 Å². The van der Waals surface area contributed by atoms with E-state index in [4.69, 9.17) is 4.74 Å². The van der Waals surface area contributed by atoms with E-state index in [1.807, 2.05) is 6.07 Å². The van der Waals surface area contributed by atoms with Gasteiger partial charge in [0.25, 0.3) is 0 Å². The molecule has 0 unspecified atom stereocenters. The van der Waals surface area contributed by atoms with Crippen LogP contribution in [-0.2, 0) is 19.4 Å². The lowest BCUT2D eigenvalue weighted by molar-refractivity contribution is -0.275. The molecule has 0 spiro atoms. The molecule has 1 aromatic carbocycles. The highest BCUT2D eigenvalue weighted by molar-refractivity contribution is 7.92. The second-order valence-electron chi connectivity index (χ2n) is 9.23. The number of amides is 2. The minimum atomic E-state index is -5.12. The second-order valence-corrected chi connectivity index (χ2v) is 11.4. The number of ether oxygens (including phenoxy) is 2. The molecule has 186 valence electrons. The third-order valence-electron chi connectivity index (χ3n) is 5.34. The number of nitriles is 1. The Labute approximate surface area is 194 Å². The molecule has 1 aliphatic heterocycles. The van der Waals surface area contributed by atoms with Gasteiger partial charge in [-0.1, -0.05) is 12.1 Å². The number of para-hydroxylation sites is 1. The van der Waals surface area contributed by atoms with Gasteiger partial charge in [0.1, 0.15) is 27.8 Å². The molecule has 2 fully saturated rings. The molecule has 2 aliphatic rings. The lowest BCUT2D eigenvalue weighted by atomic mass is 10.2. The molecule has 34 heavy (non-hydrogen) atoms. The Hall–Kier alpha value is -3.01. The third kappa shape index (κ3) is 5.72. The van der Waals surface area contributed by atoms with Gasteiger partial charge in [-0.15, -0.1) is 13.2 Å². The van der Waals surface area contributed by atoms with E-state index in [9.17, 15) is 36.4 Å². The van der Waals surface area contributed by atoms with E-state index in [0.717, 1.165) is 17.0 Å². The number of hydrogen-bond acceptors (Lipinski definition) is 7. The van der Waals surface area contributed by atoms with Crippen LogP contribution >= 0.6 is 0 Å². The summed E-state index contributed by atoms with van der Waals surface area (Å²) in [7, 11) is -4.47. The number of rotatable bonds is 5. The van der Waals surface area contributed by atoms with Gasteiger partial charge in [-0.2, -0.15) is 5.26 Å². The van der Waals surface area contributed by atoms with Gasteiger partial charge in [-0.25, -0.2) is 13.2 Å². The predicted molar refractivity (Wildman–Crippen MR) is 111 cm³/mol. The third-order valence-corrected chi connectivity index (χ3v) is 7.51. The van der Waals surface area contributed by atoms with E-state index in [-0.39, 0.29) is 0 Å².